The maximum atomic E-state index is 11.0. The van der Waals surface area contributed by atoms with Gasteiger partial charge in [-0.25, -0.2) is 0 Å². The van der Waals surface area contributed by atoms with Gasteiger partial charge < -0.3 is 25.5 Å². The lowest BCUT2D eigenvalue weighted by Gasteiger charge is -2.00. The number of rotatable bonds is 3. The zero-order valence-electron chi connectivity index (χ0n) is 11.1. The molecule has 1 heterocycles. The number of carbonyl (C=O) groups excluding carboxylic acids is 2. The van der Waals surface area contributed by atoms with Gasteiger partial charge in [-0.05, 0) is 13.0 Å². The topological polar surface area (TPSA) is 121 Å². The van der Waals surface area contributed by atoms with Crippen LogP contribution in [0.3, 0.4) is 0 Å². The number of benzene rings is 1. The summed E-state index contributed by atoms with van der Waals surface area (Å²) in [5.41, 5.74) is 6.41. The number of nitrogens with zero attached hydrogens (tertiary/aromatic N) is 1. The normalized spacial score (nSPS) is 9.43. The summed E-state index contributed by atoms with van der Waals surface area (Å²) in [6.07, 6.45) is 0.138. The number of nitrogens with two attached hydrogens (primary N) is 1. The molecule has 0 unspecified atom stereocenters. The molecule has 21 heavy (non-hydrogen) atoms. The summed E-state index contributed by atoms with van der Waals surface area (Å²) < 4.78 is 4.71. The SMILES string of the molecule is CCNC(=O)[O-].NC(=O)c1nocc1-c1ccccc1Cl. The quantitative estimate of drug-likeness (QED) is 0.877. The van der Waals surface area contributed by atoms with Crippen molar-refractivity contribution >= 4 is 23.6 Å². The van der Waals surface area contributed by atoms with Crippen LogP contribution in [-0.4, -0.2) is 23.7 Å². The van der Waals surface area contributed by atoms with E-state index < -0.39 is 12.0 Å². The molecule has 2 aromatic rings. The largest absolute Gasteiger partial charge is 0.530 e. The summed E-state index contributed by atoms with van der Waals surface area (Å²) in [7, 11) is 0. The van der Waals surface area contributed by atoms with Crippen LogP contribution < -0.4 is 16.2 Å². The molecule has 2 amide bonds. The average molecular weight is 311 g/mol. The molecule has 112 valence electrons. The molecule has 0 aliphatic heterocycles. The van der Waals surface area contributed by atoms with Crippen LogP contribution >= 0.6 is 11.6 Å². The molecule has 8 heteroatoms. The molecule has 1 aromatic heterocycles. The Morgan fingerprint density at radius 3 is 2.52 bits per heavy atom. The molecular formula is C13H13ClN3O4-. The second-order valence-corrected chi connectivity index (χ2v) is 4.15. The van der Waals surface area contributed by atoms with Crippen LogP contribution in [0.2, 0.25) is 5.02 Å². The van der Waals surface area contributed by atoms with Gasteiger partial charge in [0.15, 0.2) is 5.69 Å². The number of primary amides is 1. The van der Waals surface area contributed by atoms with Gasteiger partial charge in [0.05, 0.1) is 5.56 Å². The van der Waals surface area contributed by atoms with Crippen molar-refractivity contribution in [1.29, 1.82) is 0 Å². The molecule has 1 aromatic carbocycles. The van der Waals surface area contributed by atoms with Crippen molar-refractivity contribution < 1.29 is 19.2 Å². The molecule has 0 saturated carbocycles. The predicted molar refractivity (Wildman–Crippen MR) is 74.5 cm³/mol. The summed E-state index contributed by atoms with van der Waals surface area (Å²) >= 11 is 5.97. The van der Waals surface area contributed by atoms with Crippen molar-refractivity contribution in [2.75, 3.05) is 6.54 Å². The second kappa shape index (κ2) is 7.91. The Morgan fingerprint density at radius 2 is 2.05 bits per heavy atom. The standard InChI is InChI=1S/C10H7ClN2O2.C3H7NO2/c11-8-4-2-1-3-6(8)7-5-15-13-9(7)10(12)14;1-2-4-3(5)6/h1-5H,(H2,12,14);4H,2H2,1H3,(H,5,6)/p-1. The first-order valence-electron chi connectivity index (χ1n) is 5.91. The van der Waals surface area contributed by atoms with E-state index in [-0.39, 0.29) is 5.69 Å². The summed E-state index contributed by atoms with van der Waals surface area (Å²) in [6.45, 7) is 2.11. The number of halogens is 1. The first kappa shape index (κ1) is 16.5. The number of carbonyl (C=O) groups is 2. The summed E-state index contributed by atoms with van der Waals surface area (Å²) in [5, 5.41) is 15.4. The zero-order valence-corrected chi connectivity index (χ0v) is 11.9. The monoisotopic (exact) mass is 310 g/mol. The van der Waals surface area contributed by atoms with Gasteiger partial charge in [-0.15, -0.1) is 0 Å². The van der Waals surface area contributed by atoms with E-state index in [0.717, 1.165) is 0 Å². The van der Waals surface area contributed by atoms with Gasteiger partial charge in [-0.3, -0.25) is 4.79 Å². The average Bonchev–Trinajstić information content (AvgIpc) is 2.89. The minimum atomic E-state index is -1.21. The maximum absolute atomic E-state index is 11.0. The minimum absolute atomic E-state index is 0.0862. The Kier molecular flexibility index (Phi) is 6.22. The van der Waals surface area contributed by atoms with Crippen LogP contribution in [0.1, 0.15) is 17.4 Å². The molecule has 0 fully saturated rings. The number of aromatic nitrogens is 1. The lowest BCUT2D eigenvalue weighted by molar-refractivity contribution is -0.250. The molecular weight excluding hydrogens is 298 g/mol. The Labute approximate surface area is 125 Å². The minimum Gasteiger partial charge on any atom is -0.530 e. The highest BCUT2D eigenvalue weighted by atomic mass is 35.5. The van der Waals surface area contributed by atoms with Crippen LogP contribution in [0, 0.1) is 0 Å². The van der Waals surface area contributed by atoms with E-state index in [1.54, 1.807) is 31.2 Å². The van der Waals surface area contributed by atoms with E-state index in [2.05, 4.69) is 5.16 Å². The molecule has 0 radical (unpaired) electrons. The lowest BCUT2D eigenvalue weighted by Crippen LogP contribution is -2.35. The van der Waals surface area contributed by atoms with Crippen molar-refractivity contribution in [3.63, 3.8) is 0 Å². The van der Waals surface area contributed by atoms with Crippen LogP contribution in [-0.2, 0) is 0 Å². The third-order valence-electron chi connectivity index (χ3n) is 2.29. The highest BCUT2D eigenvalue weighted by Crippen LogP contribution is 2.29. The van der Waals surface area contributed by atoms with Gasteiger partial charge in [0.2, 0.25) is 0 Å². The van der Waals surface area contributed by atoms with E-state index in [9.17, 15) is 14.7 Å². The van der Waals surface area contributed by atoms with Gasteiger partial charge in [0.25, 0.3) is 5.91 Å². The van der Waals surface area contributed by atoms with Crippen molar-refractivity contribution in [3.8, 4) is 11.1 Å². The molecule has 0 atom stereocenters. The number of amides is 2. The predicted octanol–water partition coefficient (Wildman–Crippen LogP) is 1.03. The Hall–Kier alpha value is -2.54. The molecule has 0 bridgehead atoms. The fourth-order valence-electron chi connectivity index (χ4n) is 1.43. The first-order chi connectivity index (χ1) is 9.97. The van der Waals surface area contributed by atoms with E-state index in [4.69, 9.17) is 21.9 Å². The van der Waals surface area contributed by atoms with Crippen molar-refractivity contribution in [1.82, 2.24) is 10.5 Å². The highest BCUT2D eigenvalue weighted by Gasteiger charge is 2.16. The van der Waals surface area contributed by atoms with Crippen molar-refractivity contribution in [2.24, 2.45) is 5.73 Å². The first-order valence-corrected chi connectivity index (χ1v) is 6.29. The molecule has 0 saturated heterocycles. The Morgan fingerprint density at radius 1 is 1.38 bits per heavy atom. The molecule has 3 N–H and O–H groups in total. The summed E-state index contributed by atoms with van der Waals surface area (Å²) in [5.74, 6) is -0.640. The maximum Gasteiger partial charge on any atom is 0.271 e. The second-order valence-electron chi connectivity index (χ2n) is 3.74. The van der Waals surface area contributed by atoms with Crippen LogP contribution in [0.5, 0.6) is 0 Å². The number of carboxylic acid groups (broad SMARTS) is 1. The van der Waals surface area contributed by atoms with E-state index in [0.29, 0.717) is 22.7 Å². The van der Waals surface area contributed by atoms with Gasteiger partial charge in [0, 0.05) is 17.1 Å². The summed E-state index contributed by atoms with van der Waals surface area (Å²) in [4.78, 5) is 20.4. The zero-order chi connectivity index (χ0) is 15.8. The van der Waals surface area contributed by atoms with Crippen molar-refractivity contribution in [2.45, 2.75) is 6.92 Å². The number of nitrogens with one attached hydrogen (secondary N) is 1. The van der Waals surface area contributed by atoms with Crippen LogP contribution in [0.4, 0.5) is 4.79 Å². The fraction of sp³-hybridized carbons (Fsp3) is 0.154. The molecule has 0 aliphatic rings. The van der Waals surface area contributed by atoms with Crippen LogP contribution in [0.25, 0.3) is 11.1 Å². The van der Waals surface area contributed by atoms with E-state index in [1.807, 2.05) is 5.32 Å². The Balaban J connectivity index is 0.000000315. The van der Waals surface area contributed by atoms with E-state index in [1.165, 1.54) is 6.26 Å². The van der Waals surface area contributed by atoms with Gasteiger partial charge in [0.1, 0.15) is 12.4 Å². The van der Waals surface area contributed by atoms with Gasteiger partial charge >= 0.3 is 0 Å². The number of hydrogen-bond acceptors (Lipinski definition) is 5. The smallest absolute Gasteiger partial charge is 0.271 e. The Bertz CT molecular complexity index is 627. The third kappa shape index (κ3) is 4.81. The van der Waals surface area contributed by atoms with Crippen molar-refractivity contribution in [3.05, 3.63) is 41.2 Å². The fourth-order valence-corrected chi connectivity index (χ4v) is 1.67. The number of hydrogen-bond donors (Lipinski definition) is 2. The molecule has 7 nitrogen and oxygen atoms in total. The van der Waals surface area contributed by atoms with E-state index >= 15 is 0 Å². The molecule has 0 spiro atoms. The molecule has 0 aliphatic carbocycles. The van der Waals surface area contributed by atoms with Gasteiger partial charge in [-0.1, -0.05) is 35.0 Å². The lowest BCUT2D eigenvalue weighted by atomic mass is 10.1. The summed E-state index contributed by atoms with van der Waals surface area (Å²) in [6, 6.07) is 7.08. The van der Waals surface area contributed by atoms with Gasteiger partial charge in [-0.2, -0.15) is 0 Å². The van der Waals surface area contributed by atoms with Crippen LogP contribution in [0.15, 0.2) is 35.1 Å². The molecule has 2 rings (SSSR count). The highest BCUT2D eigenvalue weighted by molar-refractivity contribution is 6.33. The third-order valence-corrected chi connectivity index (χ3v) is 2.62.